The van der Waals surface area contributed by atoms with Crippen LogP contribution in [0.25, 0.3) is 0 Å². The second-order valence-electron chi connectivity index (χ2n) is 9.98. The number of amides is 3. The first kappa shape index (κ1) is 24.3. The Labute approximate surface area is 204 Å². The van der Waals surface area contributed by atoms with Crippen LogP contribution in [0.5, 0.6) is 0 Å². The van der Waals surface area contributed by atoms with Crippen LogP contribution in [-0.2, 0) is 19.8 Å². The van der Waals surface area contributed by atoms with Crippen molar-refractivity contribution in [3.8, 4) is 0 Å². The van der Waals surface area contributed by atoms with Crippen molar-refractivity contribution >= 4 is 39.9 Å². The maximum Gasteiger partial charge on any atom is 0.229 e. The summed E-state index contributed by atoms with van der Waals surface area (Å²) in [6, 6.07) is 7.80. The highest BCUT2D eigenvalue weighted by Crippen LogP contribution is 2.32. The lowest BCUT2D eigenvalue weighted by Crippen LogP contribution is -2.44. The van der Waals surface area contributed by atoms with E-state index in [0.29, 0.717) is 37.6 Å². The molecule has 0 spiro atoms. The molecule has 1 N–H and O–H groups in total. The van der Waals surface area contributed by atoms with Crippen molar-refractivity contribution in [1.82, 2.24) is 15.1 Å². The van der Waals surface area contributed by atoms with Crippen molar-refractivity contribution in [3.05, 3.63) is 34.8 Å². The first-order chi connectivity index (χ1) is 16.2. The summed E-state index contributed by atoms with van der Waals surface area (Å²) in [5.74, 6) is -0.562. The van der Waals surface area contributed by atoms with Crippen LogP contribution in [-0.4, -0.2) is 52.5 Å². The molecule has 1 aromatic heterocycles. The van der Waals surface area contributed by atoms with Gasteiger partial charge >= 0.3 is 0 Å². The predicted molar refractivity (Wildman–Crippen MR) is 133 cm³/mol. The van der Waals surface area contributed by atoms with Crippen molar-refractivity contribution in [1.29, 1.82) is 0 Å². The molecule has 0 radical (unpaired) electrons. The van der Waals surface area contributed by atoms with Crippen LogP contribution in [0.2, 0.25) is 0 Å². The number of nitrogens with one attached hydrogen (secondary N) is 1. The summed E-state index contributed by atoms with van der Waals surface area (Å²) in [7, 11) is 0. The van der Waals surface area contributed by atoms with Crippen LogP contribution in [0.1, 0.15) is 57.0 Å². The van der Waals surface area contributed by atoms with Gasteiger partial charge in [-0.3, -0.25) is 14.4 Å². The average molecular weight is 484 g/mol. The minimum Gasteiger partial charge on any atom is -0.342 e. The first-order valence-electron chi connectivity index (χ1n) is 12.0. The van der Waals surface area contributed by atoms with Gasteiger partial charge in [0.25, 0.3) is 0 Å². The van der Waals surface area contributed by atoms with E-state index in [4.69, 9.17) is 0 Å². The minimum atomic E-state index is -0.332. The Hall–Kier alpha value is -2.81. The molecule has 2 fully saturated rings. The van der Waals surface area contributed by atoms with E-state index in [0.717, 1.165) is 22.7 Å². The molecule has 2 aliphatic heterocycles. The summed E-state index contributed by atoms with van der Waals surface area (Å²) in [4.78, 5) is 41.9. The number of carbonyl (C=O) groups is 3. The van der Waals surface area contributed by atoms with Gasteiger partial charge in [0, 0.05) is 43.1 Å². The van der Waals surface area contributed by atoms with Gasteiger partial charge in [-0.1, -0.05) is 49.8 Å². The van der Waals surface area contributed by atoms with Crippen molar-refractivity contribution in [2.45, 2.75) is 58.8 Å². The fourth-order valence-corrected chi connectivity index (χ4v) is 5.29. The molecule has 34 heavy (non-hydrogen) atoms. The lowest BCUT2D eigenvalue weighted by molar-refractivity contribution is -0.138. The molecule has 0 bridgehead atoms. The molecule has 2 aliphatic rings. The van der Waals surface area contributed by atoms with Crippen LogP contribution in [0.3, 0.4) is 0 Å². The molecular weight excluding hydrogens is 450 g/mol. The van der Waals surface area contributed by atoms with E-state index < -0.39 is 0 Å². The topological polar surface area (TPSA) is 95.5 Å². The SMILES string of the molecule is CCC(C)(C)c1nnc(NC(=O)C2CCN(C(=O)C3CC(=O)N(c4ccc(C)cc4)C3)CC2)s1. The number of carbonyl (C=O) groups excluding carboxylic acids is 3. The van der Waals surface area contributed by atoms with Crippen LogP contribution in [0, 0.1) is 18.8 Å². The van der Waals surface area contributed by atoms with Crippen LogP contribution >= 0.6 is 11.3 Å². The Kier molecular flexibility index (Phi) is 7.02. The highest BCUT2D eigenvalue weighted by atomic mass is 32.1. The lowest BCUT2D eigenvalue weighted by Gasteiger charge is -2.32. The summed E-state index contributed by atoms with van der Waals surface area (Å²) in [5.41, 5.74) is 1.90. The Bertz CT molecular complexity index is 1060. The van der Waals surface area contributed by atoms with E-state index >= 15 is 0 Å². The molecular formula is C25H33N5O3S. The van der Waals surface area contributed by atoms with Gasteiger partial charge in [0.2, 0.25) is 22.9 Å². The number of anilines is 2. The molecule has 4 rings (SSSR count). The first-order valence-corrected chi connectivity index (χ1v) is 12.8. The molecule has 3 amide bonds. The second-order valence-corrected chi connectivity index (χ2v) is 11.0. The molecule has 9 heteroatoms. The average Bonchev–Trinajstić information content (AvgIpc) is 3.46. The van der Waals surface area contributed by atoms with Crippen molar-refractivity contribution in [2.24, 2.45) is 11.8 Å². The number of nitrogens with zero attached hydrogens (tertiary/aromatic N) is 4. The molecule has 0 saturated carbocycles. The van der Waals surface area contributed by atoms with E-state index in [1.807, 2.05) is 36.1 Å². The Morgan fingerprint density at radius 2 is 1.79 bits per heavy atom. The second kappa shape index (κ2) is 9.82. The summed E-state index contributed by atoms with van der Waals surface area (Å²) in [6.07, 6.45) is 2.39. The third-order valence-electron chi connectivity index (χ3n) is 7.12. The van der Waals surface area contributed by atoms with Gasteiger partial charge in [-0.15, -0.1) is 10.2 Å². The van der Waals surface area contributed by atoms with Gasteiger partial charge in [-0.25, -0.2) is 0 Å². The number of aryl methyl sites for hydroxylation is 1. The molecule has 2 aromatic rings. The van der Waals surface area contributed by atoms with Gasteiger partial charge in [0.15, 0.2) is 0 Å². The Morgan fingerprint density at radius 3 is 2.44 bits per heavy atom. The Morgan fingerprint density at radius 1 is 1.12 bits per heavy atom. The molecule has 182 valence electrons. The molecule has 1 unspecified atom stereocenters. The molecule has 3 heterocycles. The maximum absolute atomic E-state index is 13.1. The number of likely N-dealkylation sites (tertiary alicyclic amines) is 1. The van der Waals surface area contributed by atoms with Crippen molar-refractivity contribution in [2.75, 3.05) is 29.9 Å². The minimum absolute atomic E-state index is 0.0115. The standard InChI is InChI=1S/C25H33N5O3S/c1-5-25(3,4)23-27-28-24(34-23)26-21(32)17-10-12-29(13-11-17)22(33)18-14-20(31)30(15-18)19-8-6-16(2)7-9-19/h6-9,17-18H,5,10-15H2,1-4H3,(H,26,28,32). The fraction of sp³-hybridized carbons (Fsp3) is 0.560. The summed E-state index contributed by atoms with van der Waals surface area (Å²) in [6.45, 7) is 9.80. The summed E-state index contributed by atoms with van der Waals surface area (Å²) < 4.78 is 0. The number of aromatic nitrogens is 2. The molecule has 8 nitrogen and oxygen atoms in total. The van der Waals surface area contributed by atoms with Crippen LogP contribution < -0.4 is 10.2 Å². The van der Waals surface area contributed by atoms with E-state index in [-0.39, 0.29) is 41.4 Å². The van der Waals surface area contributed by atoms with Gasteiger partial charge in [0.05, 0.1) is 5.92 Å². The number of rotatable bonds is 6. The van der Waals surface area contributed by atoms with E-state index in [2.05, 4.69) is 36.3 Å². The fourth-order valence-electron chi connectivity index (χ4n) is 4.37. The van der Waals surface area contributed by atoms with Gasteiger partial charge < -0.3 is 15.1 Å². The van der Waals surface area contributed by atoms with E-state index in [9.17, 15) is 14.4 Å². The highest BCUT2D eigenvalue weighted by molar-refractivity contribution is 7.15. The zero-order valence-electron chi connectivity index (χ0n) is 20.3. The number of hydrogen-bond acceptors (Lipinski definition) is 6. The molecule has 2 saturated heterocycles. The van der Waals surface area contributed by atoms with E-state index in [1.165, 1.54) is 11.3 Å². The summed E-state index contributed by atoms with van der Waals surface area (Å²) >= 11 is 1.42. The molecule has 0 aliphatic carbocycles. The van der Waals surface area contributed by atoms with Gasteiger partial charge in [-0.05, 0) is 38.3 Å². The number of piperidine rings is 1. The van der Waals surface area contributed by atoms with Gasteiger partial charge in [0.1, 0.15) is 5.01 Å². The van der Waals surface area contributed by atoms with Crippen LogP contribution in [0.4, 0.5) is 10.8 Å². The summed E-state index contributed by atoms with van der Waals surface area (Å²) in [5, 5.41) is 12.7. The molecule has 1 aromatic carbocycles. The maximum atomic E-state index is 13.1. The number of benzene rings is 1. The number of hydrogen-bond donors (Lipinski definition) is 1. The quantitative estimate of drug-likeness (QED) is 0.675. The third kappa shape index (κ3) is 5.14. The zero-order chi connectivity index (χ0) is 24.5. The highest BCUT2D eigenvalue weighted by Gasteiger charge is 2.38. The Balaban J connectivity index is 1.29. The smallest absolute Gasteiger partial charge is 0.229 e. The zero-order valence-corrected chi connectivity index (χ0v) is 21.2. The van der Waals surface area contributed by atoms with Crippen molar-refractivity contribution < 1.29 is 14.4 Å². The lowest BCUT2D eigenvalue weighted by atomic mass is 9.91. The molecule has 1 atom stereocenters. The largest absolute Gasteiger partial charge is 0.342 e. The predicted octanol–water partition coefficient (Wildman–Crippen LogP) is 3.76. The normalized spacial score (nSPS) is 19.5. The van der Waals surface area contributed by atoms with Crippen molar-refractivity contribution in [3.63, 3.8) is 0 Å². The monoisotopic (exact) mass is 483 g/mol. The van der Waals surface area contributed by atoms with Gasteiger partial charge in [-0.2, -0.15) is 0 Å². The van der Waals surface area contributed by atoms with E-state index in [1.54, 1.807) is 4.90 Å². The van der Waals surface area contributed by atoms with Crippen LogP contribution in [0.15, 0.2) is 24.3 Å². The third-order valence-corrected chi connectivity index (χ3v) is 8.32.